The molecule has 0 bridgehead atoms. The Morgan fingerprint density at radius 1 is 1.41 bits per heavy atom. The van der Waals surface area contributed by atoms with E-state index in [1.807, 2.05) is 17.5 Å². The molecule has 3 rings (SSSR count). The third kappa shape index (κ3) is 3.70. The van der Waals surface area contributed by atoms with Gasteiger partial charge in [0.1, 0.15) is 6.54 Å². The zero-order valence-electron chi connectivity index (χ0n) is 12.0. The number of amides is 2. The SMILES string of the molecule is O=C(Cn1cc(NC(=O)C2CCC2)nn1)NCc1cccs1. The van der Waals surface area contributed by atoms with Gasteiger partial charge in [-0.05, 0) is 24.3 Å². The van der Waals surface area contributed by atoms with E-state index in [9.17, 15) is 9.59 Å². The first-order chi connectivity index (χ1) is 10.7. The van der Waals surface area contributed by atoms with Crippen LogP contribution < -0.4 is 10.6 Å². The van der Waals surface area contributed by atoms with Crippen molar-refractivity contribution >= 4 is 29.0 Å². The fourth-order valence-corrected chi connectivity index (χ4v) is 2.78. The molecule has 0 aliphatic heterocycles. The molecule has 0 radical (unpaired) electrons. The molecule has 2 amide bonds. The number of carbonyl (C=O) groups is 2. The van der Waals surface area contributed by atoms with Crippen LogP contribution in [0.5, 0.6) is 0 Å². The van der Waals surface area contributed by atoms with Crippen LogP contribution in [0.25, 0.3) is 0 Å². The maximum absolute atomic E-state index is 11.8. The van der Waals surface area contributed by atoms with Crippen molar-refractivity contribution in [1.29, 1.82) is 0 Å². The third-order valence-electron chi connectivity index (χ3n) is 3.61. The van der Waals surface area contributed by atoms with Crippen LogP contribution in [-0.2, 0) is 22.7 Å². The van der Waals surface area contributed by atoms with E-state index in [-0.39, 0.29) is 24.3 Å². The first-order valence-electron chi connectivity index (χ1n) is 7.21. The standard InChI is InChI=1S/C14H17N5O2S/c20-13(15-7-11-5-2-6-22-11)9-19-8-12(17-18-19)16-14(21)10-3-1-4-10/h2,5-6,8,10H,1,3-4,7,9H2,(H,15,20)(H,16,21). The number of carbonyl (C=O) groups excluding carboxylic acids is 2. The number of hydrogen-bond donors (Lipinski definition) is 2. The van der Waals surface area contributed by atoms with E-state index in [2.05, 4.69) is 20.9 Å². The van der Waals surface area contributed by atoms with Gasteiger partial charge >= 0.3 is 0 Å². The fraction of sp³-hybridized carbons (Fsp3) is 0.429. The number of rotatable bonds is 6. The molecule has 0 aromatic carbocycles. The predicted molar refractivity (Wildman–Crippen MR) is 82.2 cm³/mol. The second-order valence-corrected chi connectivity index (χ2v) is 6.31. The molecule has 0 unspecified atom stereocenters. The molecule has 1 aliphatic rings. The van der Waals surface area contributed by atoms with Crippen molar-refractivity contribution in [3.05, 3.63) is 28.6 Å². The monoisotopic (exact) mass is 319 g/mol. The van der Waals surface area contributed by atoms with Crippen LogP contribution in [0.4, 0.5) is 5.82 Å². The van der Waals surface area contributed by atoms with Crippen LogP contribution in [0.2, 0.25) is 0 Å². The molecule has 7 nitrogen and oxygen atoms in total. The van der Waals surface area contributed by atoms with Gasteiger partial charge in [0.25, 0.3) is 0 Å². The molecule has 2 aromatic heterocycles. The van der Waals surface area contributed by atoms with Gasteiger partial charge in [0.15, 0.2) is 5.82 Å². The van der Waals surface area contributed by atoms with Crippen molar-refractivity contribution in [2.45, 2.75) is 32.4 Å². The van der Waals surface area contributed by atoms with Gasteiger partial charge in [-0.1, -0.05) is 17.7 Å². The number of anilines is 1. The van der Waals surface area contributed by atoms with Crippen molar-refractivity contribution < 1.29 is 9.59 Å². The summed E-state index contributed by atoms with van der Waals surface area (Å²) in [6.07, 6.45) is 4.55. The average Bonchev–Trinajstić information content (AvgIpc) is 3.06. The fourth-order valence-electron chi connectivity index (χ4n) is 2.13. The summed E-state index contributed by atoms with van der Waals surface area (Å²) in [6.45, 7) is 0.591. The maximum atomic E-state index is 11.8. The van der Waals surface area contributed by atoms with E-state index >= 15 is 0 Å². The highest BCUT2D eigenvalue weighted by atomic mass is 32.1. The van der Waals surface area contributed by atoms with E-state index in [1.165, 1.54) is 4.68 Å². The Morgan fingerprint density at radius 2 is 2.27 bits per heavy atom. The van der Waals surface area contributed by atoms with Gasteiger partial charge in [0.05, 0.1) is 12.7 Å². The molecule has 1 fully saturated rings. The zero-order chi connectivity index (χ0) is 15.4. The van der Waals surface area contributed by atoms with E-state index in [0.29, 0.717) is 12.4 Å². The second-order valence-electron chi connectivity index (χ2n) is 5.27. The van der Waals surface area contributed by atoms with Gasteiger partial charge in [-0.3, -0.25) is 9.59 Å². The van der Waals surface area contributed by atoms with Crippen LogP contribution in [0.3, 0.4) is 0 Å². The summed E-state index contributed by atoms with van der Waals surface area (Å²) in [5.41, 5.74) is 0. The summed E-state index contributed by atoms with van der Waals surface area (Å²) >= 11 is 1.60. The van der Waals surface area contributed by atoms with Gasteiger partial charge in [0.2, 0.25) is 11.8 Å². The molecule has 0 saturated heterocycles. The molecule has 8 heteroatoms. The molecule has 0 spiro atoms. The number of aromatic nitrogens is 3. The highest BCUT2D eigenvalue weighted by Gasteiger charge is 2.25. The normalized spacial score (nSPS) is 14.4. The van der Waals surface area contributed by atoms with Crippen molar-refractivity contribution in [3.63, 3.8) is 0 Å². The molecule has 22 heavy (non-hydrogen) atoms. The molecule has 0 atom stereocenters. The Hall–Kier alpha value is -2.22. The van der Waals surface area contributed by atoms with Crippen LogP contribution in [0, 0.1) is 5.92 Å². The minimum atomic E-state index is -0.143. The first kappa shape index (κ1) is 14.7. The molecule has 2 aromatic rings. The molecule has 2 heterocycles. The maximum Gasteiger partial charge on any atom is 0.242 e. The van der Waals surface area contributed by atoms with Gasteiger partial charge in [-0.15, -0.1) is 16.4 Å². The lowest BCUT2D eigenvalue weighted by atomic mass is 9.85. The highest BCUT2D eigenvalue weighted by molar-refractivity contribution is 7.09. The summed E-state index contributed by atoms with van der Waals surface area (Å²) in [5.74, 6) is 0.331. The van der Waals surface area contributed by atoms with Crippen LogP contribution in [0.15, 0.2) is 23.7 Å². The lowest BCUT2D eigenvalue weighted by molar-refractivity contribution is -0.122. The second kappa shape index (κ2) is 6.69. The zero-order valence-corrected chi connectivity index (χ0v) is 12.8. The van der Waals surface area contributed by atoms with E-state index < -0.39 is 0 Å². The summed E-state index contributed by atoms with van der Waals surface area (Å²) in [7, 11) is 0. The molecule has 1 aliphatic carbocycles. The minimum Gasteiger partial charge on any atom is -0.350 e. The Kier molecular flexibility index (Phi) is 4.47. The molecular weight excluding hydrogens is 302 g/mol. The molecular formula is C14H17N5O2S. The van der Waals surface area contributed by atoms with Crippen LogP contribution >= 0.6 is 11.3 Å². The Balaban J connectivity index is 1.46. The van der Waals surface area contributed by atoms with Crippen molar-refractivity contribution in [1.82, 2.24) is 20.3 Å². The van der Waals surface area contributed by atoms with Crippen molar-refractivity contribution in [2.75, 3.05) is 5.32 Å². The summed E-state index contributed by atoms with van der Waals surface area (Å²) in [4.78, 5) is 24.7. The third-order valence-corrected chi connectivity index (χ3v) is 4.49. The Labute approximate surface area is 131 Å². The van der Waals surface area contributed by atoms with Gasteiger partial charge in [-0.2, -0.15) is 0 Å². The van der Waals surface area contributed by atoms with Gasteiger partial charge in [0, 0.05) is 10.8 Å². The summed E-state index contributed by atoms with van der Waals surface area (Å²) in [6, 6.07) is 3.91. The Bertz CT molecular complexity index is 648. The predicted octanol–water partition coefficient (Wildman–Crippen LogP) is 1.39. The summed E-state index contributed by atoms with van der Waals surface area (Å²) in [5, 5.41) is 15.2. The largest absolute Gasteiger partial charge is 0.350 e. The smallest absolute Gasteiger partial charge is 0.242 e. The Morgan fingerprint density at radius 3 is 2.95 bits per heavy atom. The quantitative estimate of drug-likeness (QED) is 0.842. The van der Waals surface area contributed by atoms with Crippen molar-refractivity contribution in [3.8, 4) is 0 Å². The molecule has 116 valence electrons. The van der Waals surface area contributed by atoms with Crippen LogP contribution in [-0.4, -0.2) is 26.8 Å². The van der Waals surface area contributed by atoms with E-state index in [1.54, 1.807) is 17.5 Å². The lowest BCUT2D eigenvalue weighted by Crippen LogP contribution is -2.28. The van der Waals surface area contributed by atoms with Crippen molar-refractivity contribution in [2.24, 2.45) is 5.92 Å². The number of hydrogen-bond acceptors (Lipinski definition) is 5. The first-order valence-corrected chi connectivity index (χ1v) is 8.09. The average molecular weight is 319 g/mol. The van der Waals surface area contributed by atoms with Crippen LogP contribution in [0.1, 0.15) is 24.1 Å². The molecule has 1 saturated carbocycles. The summed E-state index contributed by atoms with van der Waals surface area (Å²) < 4.78 is 1.42. The lowest BCUT2D eigenvalue weighted by Gasteiger charge is -2.23. The van der Waals surface area contributed by atoms with Gasteiger partial charge in [-0.25, -0.2) is 4.68 Å². The van der Waals surface area contributed by atoms with Gasteiger partial charge < -0.3 is 10.6 Å². The number of nitrogens with one attached hydrogen (secondary N) is 2. The minimum absolute atomic E-state index is 0.0135. The topological polar surface area (TPSA) is 88.9 Å². The van der Waals surface area contributed by atoms with E-state index in [4.69, 9.17) is 0 Å². The highest BCUT2D eigenvalue weighted by Crippen LogP contribution is 2.27. The van der Waals surface area contributed by atoms with E-state index in [0.717, 1.165) is 24.1 Å². The molecule has 2 N–H and O–H groups in total. The number of thiophene rings is 1. The number of nitrogens with zero attached hydrogens (tertiary/aromatic N) is 3.